The number of benzene rings is 3. The van der Waals surface area contributed by atoms with Crippen LogP contribution in [0.15, 0.2) is 94.7 Å². The number of piperidine rings is 1. The molecular weight excluding hydrogens is 400 g/mol. The van der Waals surface area contributed by atoms with Crippen molar-refractivity contribution in [1.29, 1.82) is 0 Å². The molecule has 0 bridgehead atoms. The SMILES string of the molecule is O=C(c1[nH]c2ccccc2c1Sc1ccccc1)N1CCC(Cc2ccccc2)CC1. The van der Waals surface area contributed by atoms with Crippen LogP contribution in [0.1, 0.15) is 28.9 Å². The van der Waals surface area contributed by atoms with Crippen molar-refractivity contribution >= 4 is 28.6 Å². The quantitative estimate of drug-likeness (QED) is 0.400. The van der Waals surface area contributed by atoms with Crippen LogP contribution >= 0.6 is 11.8 Å². The van der Waals surface area contributed by atoms with Crippen LogP contribution < -0.4 is 0 Å². The van der Waals surface area contributed by atoms with Crippen LogP contribution in [0.4, 0.5) is 0 Å². The topological polar surface area (TPSA) is 36.1 Å². The van der Waals surface area contributed by atoms with Gasteiger partial charge in [-0.15, -0.1) is 0 Å². The van der Waals surface area contributed by atoms with Crippen molar-refractivity contribution in [1.82, 2.24) is 9.88 Å². The molecule has 5 rings (SSSR count). The molecule has 1 aliphatic rings. The van der Waals surface area contributed by atoms with Crippen molar-refractivity contribution in [3.63, 3.8) is 0 Å². The van der Waals surface area contributed by atoms with Gasteiger partial charge >= 0.3 is 0 Å². The molecule has 3 aromatic carbocycles. The Labute approximate surface area is 187 Å². The number of aromatic nitrogens is 1. The molecule has 0 radical (unpaired) electrons. The third-order valence-corrected chi connectivity index (χ3v) is 7.24. The number of para-hydroxylation sites is 1. The van der Waals surface area contributed by atoms with Gasteiger partial charge in [-0.2, -0.15) is 0 Å². The number of likely N-dealkylation sites (tertiary alicyclic amines) is 1. The standard InChI is InChI=1S/C27H26N2OS/c30-27(29-17-15-21(16-18-29)19-20-9-3-1-4-10-20)25-26(31-22-11-5-2-6-12-22)23-13-7-8-14-24(23)28-25/h1-14,21,28H,15-19H2. The molecule has 156 valence electrons. The molecular formula is C27H26N2OS. The predicted molar refractivity (Wildman–Crippen MR) is 128 cm³/mol. The number of carbonyl (C=O) groups excluding carboxylic acids is 1. The summed E-state index contributed by atoms with van der Waals surface area (Å²) < 4.78 is 0. The van der Waals surface area contributed by atoms with Crippen molar-refractivity contribution < 1.29 is 4.79 Å². The number of aromatic amines is 1. The predicted octanol–water partition coefficient (Wildman–Crippen LogP) is 6.41. The van der Waals surface area contributed by atoms with Crippen molar-refractivity contribution in [3.05, 3.63) is 96.2 Å². The highest BCUT2D eigenvalue weighted by Crippen LogP contribution is 2.37. The van der Waals surface area contributed by atoms with E-state index < -0.39 is 0 Å². The number of hydrogen-bond acceptors (Lipinski definition) is 2. The van der Waals surface area contributed by atoms with Crippen LogP contribution in [0, 0.1) is 5.92 Å². The van der Waals surface area contributed by atoms with E-state index in [0.717, 1.165) is 58.7 Å². The molecule has 31 heavy (non-hydrogen) atoms. The molecule has 1 aromatic heterocycles. The number of rotatable bonds is 5. The molecule has 0 spiro atoms. The highest BCUT2D eigenvalue weighted by Gasteiger charge is 2.27. The van der Waals surface area contributed by atoms with Gasteiger partial charge < -0.3 is 9.88 Å². The molecule has 2 heterocycles. The Morgan fingerprint density at radius 1 is 0.871 bits per heavy atom. The van der Waals surface area contributed by atoms with Crippen LogP contribution in [0.25, 0.3) is 10.9 Å². The molecule has 0 aliphatic carbocycles. The summed E-state index contributed by atoms with van der Waals surface area (Å²) >= 11 is 1.67. The Hall–Kier alpha value is -2.98. The van der Waals surface area contributed by atoms with E-state index >= 15 is 0 Å². The van der Waals surface area contributed by atoms with E-state index in [2.05, 4.69) is 53.5 Å². The van der Waals surface area contributed by atoms with E-state index in [1.165, 1.54) is 5.56 Å². The first-order chi connectivity index (χ1) is 15.3. The number of hydrogen-bond donors (Lipinski definition) is 1. The van der Waals surface area contributed by atoms with Crippen LogP contribution in [0.3, 0.4) is 0 Å². The van der Waals surface area contributed by atoms with Gasteiger partial charge in [0.15, 0.2) is 0 Å². The zero-order chi connectivity index (χ0) is 21.0. The number of carbonyl (C=O) groups is 1. The maximum Gasteiger partial charge on any atom is 0.271 e. The average molecular weight is 427 g/mol. The van der Waals surface area contributed by atoms with Crippen molar-refractivity contribution in [2.24, 2.45) is 5.92 Å². The van der Waals surface area contributed by atoms with Gasteiger partial charge in [0.25, 0.3) is 5.91 Å². The Kier molecular flexibility index (Phi) is 5.81. The van der Waals surface area contributed by atoms with Crippen LogP contribution in [0.2, 0.25) is 0 Å². The van der Waals surface area contributed by atoms with Gasteiger partial charge in [-0.3, -0.25) is 4.79 Å². The summed E-state index contributed by atoms with van der Waals surface area (Å²) in [7, 11) is 0. The van der Waals surface area contributed by atoms with Crippen molar-refractivity contribution in [3.8, 4) is 0 Å². The number of amides is 1. The summed E-state index contributed by atoms with van der Waals surface area (Å²) in [4.78, 5) is 21.1. The van der Waals surface area contributed by atoms with Gasteiger partial charge in [0.2, 0.25) is 0 Å². The first-order valence-electron chi connectivity index (χ1n) is 10.9. The maximum atomic E-state index is 13.5. The number of nitrogens with one attached hydrogen (secondary N) is 1. The van der Waals surface area contributed by atoms with E-state index in [4.69, 9.17) is 0 Å². The zero-order valence-electron chi connectivity index (χ0n) is 17.5. The smallest absolute Gasteiger partial charge is 0.271 e. The highest BCUT2D eigenvalue weighted by molar-refractivity contribution is 7.99. The molecule has 1 saturated heterocycles. The Morgan fingerprint density at radius 3 is 2.26 bits per heavy atom. The van der Waals surface area contributed by atoms with Gasteiger partial charge in [-0.05, 0) is 48.9 Å². The van der Waals surface area contributed by atoms with E-state index in [1.807, 2.05) is 41.3 Å². The van der Waals surface area contributed by atoms with E-state index in [0.29, 0.717) is 5.92 Å². The molecule has 1 N–H and O–H groups in total. The van der Waals surface area contributed by atoms with E-state index in [9.17, 15) is 4.79 Å². The fourth-order valence-corrected chi connectivity index (χ4v) is 5.48. The van der Waals surface area contributed by atoms with Gasteiger partial charge in [-0.1, -0.05) is 78.5 Å². The Balaban J connectivity index is 1.35. The van der Waals surface area contributed by atoms with E-state index in [-0.39, 0.29) is 5.91 Å². The van der Waals surface area contributed by atoms with E-state index in [1.54, 1.807) is 11.8 Å². The number of fused-ring (bicyclic) bond motifs is 1. The van der Waals surface area contributed by atoms with Crippen LogP contribution in [0.5, 0.6) is 0 Å². The summed E-state index contributed by atoms with van der Waals surface area (Å²) in [5.74, 6) is 0.764. The lowest BCUT2D eigenvalue weighted by atomic mass is 9.90. The molecule has 0 atom stereocenters. The summed E-state index contributed by atoms with van der Waals surface area (Å²) in [6.07, 6.45) is 3.22. The number of nitrogens with zero attached hydrogens (tertiary/aromatic N) is 1. The summed E-state index contributed by atoms with van der Waals surface area (Å²) in [5, 5.41) is 1.11. The second-order valence-corrected chi connectivity index (χ2v) is 9.30. The lowest BCUT2D eigenvalue weighted by Crippen LogP contribution is -2.39. The fraction of sp³-hybridized carbons (Fsp3) is 0.222. The summed E-state index contributed by atoms with van der Waals surface area (Å²) in [6.45, 7) is 1.64. The third-order valence-electron chi connectivity index (χ3n) is 6.10. The molecule has 4 heteroatoms. The molecule has 0 unspecified atom stereocenters. The average Bonchev–Trinajstić information content (AvgIpc) is 3.19. The molecule has 1 aliphatic heterocycles. The first kappa shape index (κ1) is 20.0. The second kappa shape index (κ2) is 9.03. The van der Waals surface area contributed by atoms with Gasteiger partial charge in [0.1, 0.15) is 5.69 Å². The van der Waals surface area contributed by atoms with Gasteiger partial charge in [0, 0.05) is 28.9 Å². The largest absolute Gasteiger partial charge is 0.350 e. The maximum absolute atomic E-state index is 13.5. The molecule has 4 aromatic rings. The monoisotopic (exact) mass is 426 g/mol. The zero-order valence-corrected chi connectivity index (χ0v) is 18.3. The fourth-order valence-electron chi connectivity index (χ4n) is 4.42. The minimum atomic E-state index is 0.118. The number of H-pyrrole nitrogens is 1. The molecule has 1 amide bonds. The highest BCUT2D eigenvalue weighted by atomic mass is 32.2. The minimum Gasteiger partial charge on any atom is -0.350 e. The van der Waals surface area contributed by atoms with Crippen LogP contribution in [-0.4, -0.2) is 28.9 Å². The Bertz CT molecular complexity index is 1160. The van der Waals surface area contributed by atoms with Gasteiger partial charge in [0.05, 0.1) is 4.90 Å². The summed E-state index contributed by atoms with van der Waals surface area (Å²) in [6, 6.07) is 29.2. The van der Waals surface area contributed by atoms with Crippen LogP contribution in [-0.2, 0) is 6.42 Å². The normalized spacial score (nSPS) is 14.8. The molecule has 1 fully saturated rings. The first-order valence-corrected chi connectivity index (χ1v) is 11.8. The lowest BCUT2D eigenvalue weighted by Gasteiger charge is -2.32. The molecule has 3 nitrogen and oxygen atoms in total. The Morgan fingerprint density at radius 2 is 1.52 bits per heavy atom. The van der Waals surface area contributed by atoms with Crippen molar-refractivity contribution in [2.45, 2.75) is 29.1 Å². The second-order valence-electron chi connectivity index (χ2n) is 8.22. The minimum absolute atomic E-state index is 0.118. The third kappa shape index (κ3) is 4.40. The van der Waals surface area contributed by atoms with Gasteiger partial charge in [-0.25, -0.2) is 0 Å². The molecule has 0 saturated carbocycles. The summed E-state index contributed by atoms with van der Waals surface area (Å²) in [5.41, 5.74) is 3.13. The lowest BCUT2D eigenvalue weighted by molar-refractivity contribution is 0.0682. The van der Waals surface area contributed by atoms with Crippen molar-refractivity contribution in [2.75, 3.05) is 13.1 Å².